The number of benzene rings is 1. The summed E-state index contributed by atoms with van der Waals surface area (Å²) in [7, 11) is 0. The first-order valence-corrected chi connectivity index (χ1v) is 18.5. The van der Waals surface area contributed by atoms with Gasteiger partial charge in [0.1, 0.15) is 5.75 Å². The SMILES string of the molecule is CCCCCCCCCCNC(=O)c1ccc(C(=O)NCCCCCCCCCC)c(OCCCCCCCCCC)c1. The number of hydrogen-bond acceptors (Lipinski definition) is 3. The van der Waals surface area contributed by atoms with E-state index in [1.165, 1.54) is 116 Å². The maximum absolute atomic E-state index is 13.1. The van der Waals surface area contributed by atoms with Gasteiger partial charge in [-0.05, 0) is 37.5 Å². The summed E-state index contributed by atoms with van der Waals surface area (Å²) >= 11 is 0. The van der Waals surface area contributed by atoms with E-state index in [1.54, 1.807) is 18.2 Å². The molecule has 0 saturated carbocycles. The average molecular weight is 601 g/mol. The van der Waals surface area contributed by atoms with E-state index in [1.807, 2.05) is 0 Å². The van der Waals surface area contributed by atoms with Crippen LogP contribution < -0.4 is 15.4 Å². The van der Waals surface area contributed by atoms with Crippen LogP contribution in [0.4, 0.5) is 0 Å². The molecular formula is C38H68N2O3. The number of rotatable bonds is 30. The average Bonchev–Trinajstić information content (AvgIpc) is 3.02. The van der Waals surface area contributed by atoms with Crippen LogP contribution >= 0.6 is 0 Å². The van der Waals surface area contributed by atoms with Crippen LogP contribution in [0.15, 0.2) is 18.2 Å². The molecule has 0 bridgehead atoms. The van der Waals surface area contributed by atoms with Crippen LogP contribution in [0.5, 0.6) is 5.75 Å². The molecule has 0 saturated heterocycles. The van der Waals surface area contributed by atoms with E-state index in [2.05, 4.69) is 31.4 Å². The molecule has 0 radical (unpaired) electrons. The molecular weight excluding hydrogens is 532 g/mol. The second kappa shape index (κ2) is 28.7. The number of nitrogens with one attached hydrogen (secondary N) is 2. The van der Waals surface area contributed by atoms with Gasteiger partial charge in [0, 0.05) is 18.7 Å². The van der Waals surface area contributed by atoms with Gasteiger partial charge in [-0.15, -0.1) is 0 Å². The molecule has 0 aliphatic rings. The molecule has 1 rings (SSSR count). The van der Waals surface area contributed by atoms with Gasteiger partial charge < -0.3 is 15.4 Å². The number of carbonyl (C=O) groups is 2. The maximum Gasteiger partial charge on any atom is 0.255 e. The lowest BCUT2D eigenvalue weighted by molar-refractivity contribution is 0.0937. The minimum Gasteiger partial charge on any atom is -0.493 e. The standard InChI is InChI=1S/C38H68N2O3/c1-4-7-10-13-16-19-22-25-30-39-37(41)34-28-29-35(38(42)40-31-26-23-20-17-14-11-8-5-2)36(33-34)43-32-27-24-21-18-15-12-9-6-3/h28-29,33H,4-27,30-32H2,1-3H3,(H,39,41)(H,40,42). The first-order valence-electron chi connectivity index (χ1n) is 18.5. The largest absolute Gasteiger partial charge is 0.493 e. The van der Waals surface area contributed by atoms with Crippen molar-refractivity contribution < 1.29 is 14.3 Å². The molecule has 5 heteroatoms. The molecule has 0 atom stereocenters. The summed E-state index contributed by atoms with van der Waals surface area (Å²) in [5, 5.41) is 6.15. The van der Waals surface area contributed by atoms with Gasteiger partial charge in [0.25, 0.3) is 11.8 Å². The van der Waals surface area contributed by atoms with E-state index in [4.69, 9.17) is 4.74 Å². The van der Waals surface area contributed by atoms with Crippen molar-refractivity contribution in [2.75, 3.05) is 19.7 Å². The molecule has 1 aromatic carbocycles. The lowest BCUT2D eigenvalue weighted by Gasteiger charge is -2.14. The zero-order valence-corrected chi connectivity index (χ0v) is 28.5. The third-order valence-corrected chi connectivity index (χ3v) is 8.38. The van der Waals surface area contributed by atoms with Gasteiger partial charge in [-0.1, -0.05) is 156 Å². The topological polar surface area (TPSA) is 67.4 Å². The maximum atomic E-state index is 13.1. The Hall–Kier alpha value is -2.04. The predicted molar refractivity (Wildman–Crippen MR) is 184 cm³/mol. The van der Waals surface area contributed by atoms with Crippen LogP contribution in [-0.2, 0) is 0 Å². The molecule has 5 nitrogen and oxygen atoms in total. The van der Waals surface area contributed by atoms with Gasteiger partial charge in [-0.2, -0.15) is 0 Å². The molecule has 0 heterocycles. The van der Waals surface area contributed by atoms with Crippen LogP contribution in [0.2, 0.25) is 0 Å². The van der Waals surface area contributed by atoms with E-state index in [-0.39, 0.29) is 11.8 Å². The molecule has 2 N–H and O–H groups in total. The summed E-state index contributed by atoms with van der Waals surface area (Å²) in [6.45, 7) is 8.66. The van der Waals surface area contributed by atoms with E-state index < -0.39 is 0 Å². The number of hydrogen-bond donors (Lipinski definition) is 2. The highest BCUT2D eigenvalue weighted by Gasteiger charge is 2.16. The molecule has 248 valence electrons. The molecule has 0 spiro atoms. The van der Waals surface area contributed by atoms with Gasteiger partial charge in [-0.3, -0.25) is 9.59 Å². The van der Waals surface area contributed by atoms with Crippen LogP contribution in [0, 0.1) is 0 Å². The Morgan fingerprint density at radius 1 is 0.512 bits per heavy atom. The van der Waals surface area contributed by atoms with Crippen molar-refractivity contribution in [2.45, 2.75) is 175 Å². The first-order chi connectivity index (χ1) is 21.1. The number of ether oxygens (including phenoxy) is 1. The van der Waals surface area contributed by atoms with Crippen LogP contribution in [0.25, 0.3) is 0 Å². The summed E-state index contributed by atoms with van der Waals surface area (Å²) < 4.78 is 6.14. The number of unbranched alkanes of at least 4 members (excludes halogenated alkanes) is 21. The molecule has 0 aliphatic heterocycles. The highest BCUT2D eigenvalue weighted by atomic mass is 16.5. The lowest BCUT2D eigenvalue weighted by Crippen LogP contribution is -2.26. The van der Waals surface area contributed by atoms with Crippen molar-refractivity contribution in [2.24, 2.45) is 0 Å². The summed E-state index contributed by atoms with van der Waals surface area (Å²) in [5.74, 6) is 0.321. The fourth-order valence-electron chi connectivity index (χ4n) is 5.51. The van der Waals surface area contributed by atoms with Gasteiger partial charge >= 0.3 is 0 Å². The van der Waals surface area contributed by atoms with Crippen molar-refractivity contribution in [1.29, 1.82) is 0 Å². The Balaban J connectivity index is 2.54. The fourth-order valence-corrected chi connectivity index (χ4v) is 5.51. The predicted octanol–water partition coefficient (Wildman–Crippen LogP) is 10.9. The molecule has 0 aromatic heterocycles. The van der Waals surface area contributed by atoms with Crippen molar-refractivity contribution in [3.8, 4) is 5.75 Å². The van der Waals surface area contributed by atoms with Crippen molar-refractivity contribution in [3.05, 3.63) is 29.3 Å². The van der Waals surface area contributed by atoms with E-state index in [0.29, 0.717) is 36.6 Å². The fraction of sp³-hybridized carbons (Fsp3) is 0.789. The van der Waals surface area contributed by atoms with Crippen molar-refractivity contribution >= 4 is 11.8 Å². The monoisotopic (exact) mass is 601 g/mol. The van der Waals surface area contributed by atoms with E-state index >= 15 is 0 Å². The molecule has 43 heavy (non-hydrogen) atoms. The smallest absolute Gasteiger partial charge is 0.255 e. The minimum absolute atomic E-state index is 0.0919. The Bertz CT molecular complexity index is 810. The second-order valence-electron chi connectivity index (χ2n) is 12.5. The van der Waals surface area contributed by atoms with E-state index in [0.717, 1.165) is 38.5 Å². The van der Waals surface area contributed by atoms with Gasteiger partial charge in [0.15, 0.2) is 0 Å². The first kappa shape index (κ1) is 39.0. The highest BCUT2D eigenvalue weighted by Crippen LogP contribution is 2.22. The molecule has 0 fully saturated rings. The van der Waals surface area contributed by atoms with Gasteiger partial charge in [0.2, 0.25) is 0 Å². The minimum atomic E-state index is -0.111. The summed E-state index contributed by atoms with van der Waals surface area (Å²) in [5.41, 5.74) is 1.09. The van der Waals surface area contributed by atoms with Crippen LogP contribution in [-0.4, -0.2) is 31.5 Å². The molecule has 1 aromatic rings. The number of carbonyl (C=O) groups excluding carboxylic acids is 2. The normalized spacial score (nSPS) is 11.0. The third kappa shape index (κ3) is 21.3. The Morgan fingerprint density at radius 3 is 1.37 bits per heavy atom. The summed E-state index contributed by atoms with van der Waals surface area (Å²) in [6.07, 6.45) is 29.7. The van der Waals surface area contributed by atoms with E-state index in [9.17, 15) is 9.59 Å². The molecule has 2 amide bonds. The van der Waals surface area contributed by atoms with Crippen LogP contribution in [0.3, 0.4) is 0 Å². The Morgan fingerprint density at radius 2 is 0.907 bits per heavy atom. The summed E-state index contributed by atoms with van der Waals surface area (Å²) in [4.78, 5) is 26.0. The zero-order valence-electron chi connectivity index (χ0n) is 28.5. The Kier molecular flexibility index (Phi) is 26.0. The van der Waals surface area contributed by atoms with Crippen molar-refractivity contribution in [1.82, 2.24) is 10.6 Å². The van der Waals surface area contributed by atoms with Gasteiger partial charge in [-0.25, -0.2) is 0 Å². The third-order valence-electron chi connectivity index (χ3n) is 8.38. The molecule has 0 unspecified atom stereocenters. The summed E-state index contributed by atoms with van der Waals surface area (Å²) in [6, 6.07) is 5.29. The highest BCUT2D eigenvalue weighted by molar-refractivity contribution is 6.00. The van der Waals surface area contributed by atoms with Gasteiger partial charge in [0.05, 0.1) is 12.2 Å². The Labute approximate surface area is 266 Å². The van der Waals surface area contributed by atoms with Crippen LogP contribution in [0.1, 0.15) is 196 Å². The number of amides is 2. The second-order valence-corrected chi connectivity index (χ2v) is 12.5. The lowest BCUT2D eigenvalue weighted by atomic mass is 10.1. The zero-order chi connectivity index (χ0) is 31.2. The molecule has 0 aliphatic carbocycles. The van der Waals surface area contributed by atoms with Crippen molar-refractivity contribution in [3.63, 3.8) is 0 Å². The quantitative estimate of drug-likeness (QED) is 0.0863.